The highest BCUT2D eigenvalue weighted by atomic mass is 79.9. The first kappa shape index (κ1) is 26.8. The van der Waals surface area contributed by atoms with Crippen molar-refractivity contribution in [3.63, 3.8) is 0 Å². The molecule has 1 aromatic heterocycles. The van der Waals surface area contributed by atoms with Crippen molar-refractivity contribution in [2.24, 2.45) is 0 Å². The molecule has 5 rings (SSSR count). The average molecular weight is 619 g/mol. The SMILES string of the molecule is CNC(=O)c1c(-c2ccc(F)cc2)oc2cc(N(c3cc(F)c(Br)c(C(=O)O)c3)S(C)(=O)=O)c(C3CC3)cc12. The minimum Gasteiger partial charge on any atom is -0.478 e. The van der Waals surface area contributed by atoms with E-state index in [9.17, 15) is 31.9 Å². The van der Waals surface area contributed by atoms with Gasteiger partial charge in [-0.3, -0.25) is 4.79 Å². The molecule has 8 nitrogen and oxygen atoms in total. The molecule has 4 aromatic rings. The normalized spacial score (nSPS) is 13.5. The number of carboxylic acids is 1. The molecule has 39 heavy (non-hydrogen) atoms. The number of hydrogen-bond donors (Lipinski definition) is 2. The Morgan fingerprint density at radius 2 is 1.77 bits per heavy atom. The van der Waals surface area contributed by atoms with E-state index >= 15 is 0 Å². The van der Waals surface area contributed by atoms with E-state index in [4.69, 9.17) is 4.42 Å². The highest BCUT2D eigenvalue weighted by Gasteiger charge is 2.34. The third-order valence-electron chi connectivity index (χ3n) is 6.44. The molecule has 1 aliphatic rings. The van der Waals surface area contributed by atoms with E-state index in [1.165, 1.54) is 37.4 Å². The van der Waals surface area contributed by atoms with Gasteiger partial charge in [-0.1, -0.05) is 0 Å². The van der Waals surface area contributed by atoms with Gasteiger partial charge < -0.3 is 14.8 Å². The summed E-state index contributed by atoms with van der Waals surface area (Å²) in [5, 5.41) is 12.6. The van der Waals surface area contributed by atoms with Crippen molar-refractivity contribution in [2.75, 3.05) is 17.6 Å². The van der Waals surface area contributed by atoms with Crippen LogP contribution in [0.4, 0.5) is 20.2 Å². The van der Waals surface area contributed by atoms with Gasteiger partial charge in [0.05, 0.1) is 33.2 Å². The van der Waals surface area contributed by atoms with Crippen molar-refractivity contribution < 1.29 is 36.3 Å². The average Bonchev–Trinajstić information content (AvgIpc) is 3.65. The number of rotatable bonds is 7. The number of aromatic carboxylic acids is 1. The predicted octanol–water partition coefficient (Wildman–Crippen LogP) is 6.17. The number of amides is 1. The second-order valence-electron chi connectivity index (χ2n) is 9.20. The molecule has 1 fully saturated rings. The van der Waals surface area contributed by atoms with Gasteiger partial charge in [-0.15, -0.1) is 0 Å². The molecular formula is C27H21BrF2N2O6S. The first-order chi connectivity index (χ1) is 18.4. The summed E-state index contributed by atoms with van der Waals surface area (Å²) in [7, 11) is -2.67. The van der Waals surface area contributed by atoms with Crippen molar-refractivity contribution in [3.05, 3.63) is 81.3 Å². The fourth-order valence-corrected chi connectivity index (χ4v) is 5.96. The van der Waals surface area contributed by atoms with Gasteiger partial charge in [-0.05, 0) is 82.7 Å². The third kappa shape index (κ3) is 4.89. The van der Waals surface area contributed by atoms with Crippen LogP contribution < -0.4 is 9.62 Å². The maximum Gasteiger partial charge on any atom is 0.337 e. The zero-order valence-electron chi connectivity index (χ0n) is 20.6. The summed E-state index contributed by atoms with van der Waals surface area (Å²) in [5.74, 6) is -3.21. The molecule has 202 valence electrons. The van der Waals surface area contributed by atoms with Crippen LogP contribution in [0.2, 0.25) is 0 Å². The van der Waals surface area contributed by atoms with E-state index in [0.717, 1.165) is 35.5 Å². The molecule has 0 spiro atoms. The van der Waals surface area contributed by atoms with Gasteiger partial charge in [0.2, 0.25) is 10.0 Å². The summed E-state index contributed by atoms with van der Waals surface area (Å²) in [4.78, 5) is 24.7. The van der Waals surface area contributed by atoms with Crippen molar-refractivity contribution in [1.29, 1.82) is 0 Å². The number of nitrogens with one attached hydrogen (secondary N) is 1. The molecule has 12 heteroatoms. The van der Waals surface area contributed by atoms with Gasteiger partial charge in [-0.25, -0.2) is 26.3 Å². The fraction of sp³-hybridized carbons (Fsp3) is 0.185. The van der Waals surface area contributed by atoms with E-state index < -0.39 is 39.1 Å². The zero-order valence-corrected chi connectivity index (χ0v) is 23.0. The summed E-state index contributed by atoms with van der Waals surface area (Å²) in [6, 6.07) is 10.5. The van der Waals surface area contributed by atoms with Crippen molar-refractivity contribution in [1.82, 2.24) is 5.32 Å². The Labute approximate surface area is 230 Å². The van der Waals surface area contributed by atoms with Gasteiger partial charge in [0.1, 0.15) is 23.0 Å². The standard InChI is InChI=1S/C27H21BrF2N2O6S/c1-31-26(33)23-18-11-17(13-3-4-13)21(12-22(18)38-25(23)14-5-7-15(29)8-6-14)32(39(2,36)37)16-9-19(27(34)35)24(28)20(30)10-16/h5-13H,3-4H2,1-2H3,(H,31,33)(H,34,35). The Morgan fingerprint density at radius 1 is 1.10 bits per heavy atom. The number of carboxylic acid groups (broad SMARTS) is 1. The van der Waals surface area contributed by atoms with E-state index in [-0.39, 0.29) is 38.7 Å². The van der Waals surface area contributed by atoms with Crippen LogP contribution in [-0.4, -0.2) is 38.7 Å². The number of nitrogens with zero attached hydrogens (tertiary/aromatic N) is 1. The molecule has 0 saturated heterocycles. The molecule has 1 heterocycles. The zero-order chi connectivity index (χ0) is 28.2. The summed E-state index contributed by atoms with van der Waals surface area (Å²) >= 11 is 2.91. The molecule has 0 aliphatic heterocycles. The highest BCUT2D eigenvalue weighted by molar-refractivity contribution is 9.10. The fourth-order valence-electron chi connectivity index (χ4n) is 4.56. The number of carbonyl (C=O) groups excluding carboxylic acids is 1. The third-order valence-corrected chi connectivity index (χ3v) is 8.32. The quantitative estimate of drug-likeness (QED) is 0.256. The summed E-state index contributed by atoms with van der Waals surface area (Å²) in [6.45, 7) is 0. The molecule has 1 saturated carbocycles. The number of halogens is 3. The van der Waals surface area contributed by atoms with Gasteiger partial charge in [-0.2, -0.15) is 0 Å². The van der Waals surface area contributed by atoms with Gasteiger partial charge in [0.25, 0.3) is 5.91 Å². The lowest BCUT2D eigenvalue weighted by atomic mass is 10.00. The van der Waals surface area contributed by atoms with Crippen molar-refractivity contribution >= 4 is 60.2 Å². The van der Waals surface area contributed by atoms with Gasteiger partial charge >= 0.3 is 5.97 Å². The van der Waals surface area contributed by atoms with Crippen LogP contribution in [0.25, 0.3) is 22.3 Å². The second-order valence-corrected chi connectivity index (χ2v) is 11.8. The molecule has 3 aromatic carbocycles. The molecule has 2 N–H and O–H groups in total. The number of anilines is 2. The summed E-state index contributed by atoms with van der Waals surface area (Å²) in [6.07, 6.45) is 2.43. The molecule has 0 bridgehead atoms. The highest BCUT2D eigenvalue weighted by Crippen LogP contribution is 2.49. The Balaban J connectivity index is 1.82. The maximum atomic E-state index is 14.8. The number of hydrogen-bond acceptors (Lipinski definition) is 5. The van der Waals surface area contributed by atoms with Crippen LogP contribution in [-0.2, 0) is 10.0 Å². The van der Waals surface area contributed by atoms with Crippen molar-refractivity contribution in [3.8, 4) is 11.3 Å². The Kier molecular flexibility index (Phi) is 6.71. The Bertz CT molecular complexity index is 1770. The molecule has 0 atom stereocenters. The first-order valence-corrected chi connectivity index (χ1v) is 14.4. The van der Waals surface area contributed by atoms with Crippen LogP contribution in [0.3, 0.4) is 0 Å². The molecule has 1 aliphatic carbocycles. The van der Waals surface area contributed by atoms with Gasteiger partial charge in [0, 0.05) is 24.1 Å². The monoisotopic (exact) mass is 618 g/mol. The lowest BCUT2D eigenvalue weighted by Crippen LogP contribution is -2.26. The minimum atomic E-state index is -4.13. The lowest BCUT2D eigenvalue weighted by Gasteiger charge is -2.26. The smallest absolute Gasteiger partial charge is 0.337 e. The topological polar surface area (TPSA) is 117 Å². The van der Waals surface area contributed by atoms with Crippen LogP contribution >= 0.6 is 15.9 Å². The second kappa shape index (κ2) is 9.76. The van der Waals surface area contributed by atoms with E-state index in [1.807, 2.05) is 0 Å². The minimum absolute atomic E-state index is 0.0467. The van der Waals surface area contributed by atoms with E-state index in [0.29, 0.717) is 16.5 Å². The predicted molar refractivity (Wildman–Crippen MR) is 145 cm³/mol. The number of sulfonamides is 1. The number of furan rings is 1. The molecule has 1 amide bonds. The Hall–Kier alpha value is -3.77. The number of benzene rings is 3. The first-order valence-electron chi connectivity index (χ1n) is 11.7. The van der Waals surface area contributed by atoms with Crippen LogP contribution in [0.1, 0.15) is 45.0 Å². The number of carbonyl (C=O) groups is 2. The van der Waals surface area contributed by atoms with Crippen LogP contribution in [0.5, 0.6) is 0 Å². The number of fused-ring (bicyclic) bond motifs is 1. The lowest BCUT2D eigenvalue weighted by molar-refractivity contribution is 0.0695. The van der Waals surface area contributed by atoms with Crippen molar-refractivity contribution in [2.45, 2.75) is 18.8 Å². The molecular weight excluding hydrogens is 598 g/mol. The molecule has 0 unspecified atom stereocenters. The largest absolute Gasteiger partial charge is 0.478 e. The van der Waals surface area contributed by atoms with Crippen LogP contribution in [0.15, 0.2) is 57.4 Å². The molecule has 0 radical (unpaired) electrons. The maximum absolute atomic E-state index is 14.8. The summed E-state index contributed by atoms with van der Waals surface area (Å²) in [5.41, 5.74) is 0.846. The van der Waals surface area contributed by atoms with Crippen LogP contribution in [0, 0.1) is 11.6 Å². The summed E-state index contributed by atoms with van der Waals surface area (Å²) < 4.78 is 61.3. The van der Waals surface area contributed by atoms with E-state index in [1.54, 1.807) is 6.07 Å². The van der Waals surface area contributed by atoms with Gasteiger partial charge in [0.15, 0.2) is 0 Å². The van der Waals surface area contributed by atoms with E-state index in [2.05, 4.69) is 21.2 Å². The Morgan fingerprint density at radius 3 is 2.33 bits per heavy atom.